The maximum Gasteiger partial charge on any atom is 0.407 e. The minimum Gasteiger partial charge on any atom is -0.453 e. The van der Waals surface area contributed by atoms with Crippen molar-refractivity contribution in [3.63, 3.8) is 0 Å². The number of nitrogens with zero attached hydrogens (tertiary/aromatic N) is 1. The van der Waals surface area contributed by atoms with Crippen molar-refractivity contribution in [3.8, 4) is 11.1 Å². The third kappa shape index (κ3) is 10.1. The molecule has 2 atom stereocenters. The lowest BCUT2D eigenvalue weighted by atomic mass is 9.94. The highest BCUT2D eigenvalue weighted by Crippen LogP contribution is 2.28. The van der Waals surface area contributed by atoms with Crippen LogP contribution in [0.1, 0.15) is 38.7 Å². The first-order valence-electron chi connectivity index (χ1n) is 15.0. The molecule has 0 aromatic heterocycles. The van der Waals surface area contributed by atoms with E-state index in [1.165, 1.54) is 41.7 Å². The number of rotatable bonds is 16. The van der Waals surface area contributed by atoms with Gasteiger partial charge in [-0.3, -0.25) is 4.79 Å². The average molecular weight is 677 g/mol. The maximum absolute atomic E-state index is 13.9. The van der Waals surface area contributed by atoms with Gasteiger partial charge in [-0.15, -0.1) is 0 Å². The fourth-order valence-electron chi connectivity index (χ4n) is 5.04. The number of ether oxygens (including phenoxy) is 1. The van der Waals surface area contributed by atoms with Crippen molar-refractivity contribution >= 4 is 39.3 Å². The zero-order valence-electron chi connectivity index (χ0n) is 26.2. The molecule has 0 aliphatic carbocycles. The van der Waals surface area contributed by atoms with Crippen LogP contribution in [-0.2, 0) is 26.0 Å². The number of carbonyl (C=O) groups is 2. The number of hydrogen-bond acceptors (Lipinski definition) is 7. The summed E-state index contributed by atoms with van der Waals surface area (Å²) < 4.78 is 47.1. The molecule has 250 valence electrons. The second kappa shape index (κ2) is 17.3. The number of nitrogen functional groups attached to an aromatic ring is 1. The van der Waals surface area contributed by atoms with E-state index in [0.29, 0.717) is 24.8 Å². The van der Waals surface area contributed by atoms with Gasteiger partial charge in [0.2, 0.25) is 15.9 Å². The first-order valence-corrected chi connectivity index (χ1v) is 16.8. The van der Waals surface area contributed by atoms with Gasteiger partial charge in [0.25, 0.3) is 0 Å². The smallest absolute Gasteiger partial charge is 0.407 e. The summed E-state index contributed by atoms with van der Waals surface area (Å²) in [4.78, 5) is 25.3. The molecule has 10 nitrogen and oxygen atoms in total. The van der Waals surface area contributed by atoms with Crippen LogP contribution in [0.5, 0.6) is 0 Å². The van der Waals surface area contributed by atoms with Crippen LogP contribution in [0, 0.1) is 11.7 Å². The number of aliphatic hydroxyl groups is 1. The number of nitrogens with two attached hydrogens (primary N) is 1. The van der Waals surface area contributed by atoms with E-state index in [0.717, 1.165) is 11.1 Å². The Kier molecular flexibility index (Phi) is 13.8. The molecule has 2 amide bonds. The monoisotopic (exact) mass is 676 g/mol. The number of sulfonamides is 1. The van der Waals surface area contributed by atoms with Gasteiger partial charge in [-0.05, 0) is 65.8 Å². The van der Waals surface area contributed by atoms with E-state index >= 15 is 0 Å². The van der Waals surface area contributed by atoms with Crippen LogP contribution in [0.3, 0.4) is 0 Å². The number of anilines is 1. The van der Waals surface area contributed by atoms with Gasteiger partial charge in [-0.1, -0.05) is 68.3 Å². The summed E-state index contributed by atoms with van der Waals surface area (Å²) in [6.45, 7) is 3.81. The van der Waals surface area contributed by atoms with Gasteiger partial charge in [-0.25, -0.2) is 17.6 Å². The zero-order chi connectivity index (χ0) is 33.9. The first kappa shape index (κ1) is 36.8. The molecular weight excluding hydrogens is 635 g/mol. The molecule has 13 heteroatoms. The van der Waals surface area contributed by atoms with Gasteiger partial charge in [-0.2, -0.15) is 4.31 Å². The number of amides is 2. The molecule has 0 unspecified atom stereocenters. The van der Waals surface area contributed by atoms with Crippen LogP contribution in [0.25, 0.3) is 11.1 Å². The molecule has 0 aliphatic heterocycles. The van der Waals surface area contributed by atoms with Crippen molar-refractivity contribution in [1.82, 2.24) is 14.9 Å². The van der Waals surface area contributed by atoms with E-state index in [9.17, 15) is 27.5 Å². The van der Waals surface area contributed by atoms with Gasteiger partial charge in [0.15, 0.2) is 0 Å². The highest BCUT2D eigenvalue weighted by atomic mass is 35.5. The Hall–Kier alpha value is -3.71. The molecule has 0 heterocycles. The SMILES string of the molecule is COC(=O)N[C@@H](Cc1ccccc1-c1cccc(F)c1)C(=O)NCCCC[C@@H](CO)N(CC(C)C)S(=O)(=O)c1ccc(N)c(Cl)c1. The number of alkyl carbamates (subject to hydrolysis) is 1. The third-order valence-corrected chi connectivity index (χ3v) is 9.62. The summed E-state index contributed by atoms with van der Waals surface area (Å²) in [6, 6.07) is 15.8. The fourth-order valence-corrected chi connectivity index (χ4v) is 7.12. The normalized spacial score (nSPS) is 13.0. The number of carbonyl (C=O) groups excluding carboxylic acids is 2. The number of unbranched alkanes of at least 4 members (excludes halogenated alkanes) is 1. The molecular formula is C33H42ClFN4O6S. The van der Waals surface area contributed by atoms with Crippen molar-refractivity contribution in [2.24, 2.45) is 5.92 Å². The van der Waals surface area contributed by atoms with Crippen LogP contribution < -0.4 is 16.4 Å². The van der Waals surface area contributed by atoms with E-state index in [1.807, 2.05) is 32.0 Å². The second-order valence-electron chi connectivity index (χ2n) is 11.3. The molecule has 3 aromatic carbocycles. The first-order chi connectivity index (χ1) is 21.9. The summed E-state index contributed by atoms with van der Waals surface area (Å²) in [5, 5.41) is 15.7. The molecule has 0 aliphatic rings. The summed E-state index contributed by atoms with van der Waals surface area (Å²) >= 11 is 6.10. The molecule has 0 radical (unpaired) electrons. The number of aliphatic hydroxyl groups excluding tert-OH is 1. The zero-order valence-corrected chi connectivity index (χ0v) is 27.8. The molecule has 5 N–H and O–H groups in total. The third-order valence-electron chi connectivity index (χ3n) is 7.38. The van der Waals surface area contributed by atoms with E-state index < -0.39 is 46.5 Å². The summed E-state index contributed by atoms with van der Waals surface area (Å²) in [7, 11) is -2.79. The van der Waals surface area contributed by atoms with E-state index in [1.54, 1.807) is 18.2 Å². The molecule has 0 fully saturated rings. The Morgan fingerprint density at radius 2 is 1.80 bits per heavy atom. The van der Waals surface area contributed by atoms with Crippen molar-refractivity contribution in [1.29, 1.82) is 0 Å². The topological polar surface area (TPSA) is 151 Å². The standard InChI is InChI=1S/C33H42ClFN4O6S/c1-22(2)20-39(46(43,44)27-14-15-30(36)29(34)19-27)26(21-40)12-6-7-16-37-32(41)31(38-33(42)45-3)18-24-9-4-5-13-28(24)23-10-8-11-25(35)17-23/h4-5,8-11,13-15,17,19,22,26,31,40H,6-7,12,16,18,20-21,36H2,1-3H3,(H,37,41)(H,38,42)/t26-,31-/m0/s1. The van der Waals surface area contributed by atoms with Gasteiger partial charge in [0, 0.05) is 25.6 Å². The van der Waals surface area contributed by atoms with Crippen LogP contribution in [-0.4, -0.2) is 68.7 Å². The van der Waals surface area contributed by atoms with Gasteiger partial charge < -0.3 is 26.2 Å². The Morgan fingerprint density at radius 3 is 2.46 bits per heavy atom. The summed E-state index contributed by atoms with van der Waals surface area (Å²) in [5.74, 6) is -0.850. The largest absolute Gasteiger partial charge is 0.453 e. The van der Waals surface area contributed by atoms with Crippen molar-refractivity contribution < 1.29 is 32.2 Å². The molecule has 0 saturated carbocycles. The number of nitrogens with one attached hydrogen (secondary N) is 2. The van der Waals surface area contributed by atoms with Crippen molar-refractivity contribution in [2.45, 2.75) is 56.5 Å². The Labute approximate surface area is 275 Å². The van der Waals surface area contributed by atoms with Crippen LogP contribution in [0.4, 0.5) is 14.9 Å². The number of hydrogen-bond donors (Lipinski definition) is 4. The van der Waals surface area contributed by atoms with Crippen LogP contribution in [0.2, 0.25) is 5.02 Å². The van der Waals surface area contributed by atoms with E-state index in [2.05, 4.69) is 10.6 Å². The Morgan fingerprint density at radius 1 is 1.07 bits per heavy atom. The molecule has 46 heavy (non-hydrogen) atoms. The van der Waals surface area contributed by atoms with Gasteiger partial charge in [0.1, 0.15) is 11.9 Å². The minimum absolute atomic E-state index is 0.0128. The van der Waals surface area contributed by atoms with Crippen LogP contribution in [0.15, 0.2) is 71.6 Å². The van der Waals surface area contributed by atoms with Gasteiger partial charge in [0.05, 0.1) is 29.3 Å². The predicted octanol–water partition coefficient (Wildman–Crippen LogP) is 4.99. The Bertz CT molecular complexity index is 1590. The summed E-state index contributed by atoms with van der Waals surface area (Å²) in [5.41, 5.74) is 8.11. The van der Waals surface area contributed by atoms with Gasteiger partial charge >= 0.3 is 6.09 Å². The molecule has 3 aromatic rings. The highest BCUT2D eigenvalue weighted by Gasteiger charge is 2.32. The van der Waals surface area contributed by atoms with Crippen molar-refractivity contribution in [3.05, 3.63) is 83.1 Å². The number of halogens is 2. The number of methoxy groups -OCH3 is 1. The van der Waals surface area contributed by atoms with Crippen LogP contribution >= 0.6 is 11.6 Å². The lowest BCUT2D eigenvalue weighted by Gasteiger charge is -2.31. The predicted molar refractivity (Wildman–Crippen MR) is 177 cm³/mol. The fraction of sp³-hybridized carbons (Fsp3) is 0.394. The Balaban J connectivity index is 1.66. The highest BCUT2D eigenvalue weighted by molar-refractivity contribution is 7.89. The van der Waals surface area contributed by atoms with Crippen molar-refractivity contribution in [2.75, 3.05) is 32.5 Å². The molecule has 0 bridgehead atoms. The van der Waals surface area contributed by atoms with E-state index in [4.69, 9.17) is 22.1 Å². The summed E-state index contributed by atoms with van der Waals surface area (Å²) in [6.07, 6.45) is 0.665. The molecule has 3 rings (SSSR count). The lowest BCUT2D eigenvalue weighted by molar-refractivity contribution is -0.123. The molecule has 0 saturated heterocycles. The second-order valence-corrected chi connectivity index (χ2v) is 13.6. The average Bonchev–Trinajstić information content (AvgIpc) is 3.02. The number of benzene rings is 3. The lowest BCUT2D eigenvalue weighted by Crippen LogP contribution is -2.48. The quantitative estimate of drug-likeness (QED) is 0.123. The molecule has 0 spiro atoms. The van der Waals surface area contributed by atoms with E-state index in [-0.39, 0.29) is 41.0 Å². The maximum atomic E-state index is 13.9. The minimum atomic E-state index is -3.99.